The van der Waals surface area contributed by atoms with Crippen LogP contribution in [-0.4, -0.2) is 52.6 Å². The van der Waals surface area contributed by atoms with Gasteiger partial charge in [-0.2, -0.15) is 0 Å². The van der Waals surface area contributed by atoms with Crippen molar-refractivity contribution >= 4 is 12.0 Å². The normalized spacial score (nSPS) is 31.2. The summed E-state index contributed by atoms with van der Waals surface area (Å²) >= 11 is 0. The van der Waals surface area contributed by atoms with E-state index in [-0.39, 0.29) is 18.5 Å². The molecule has 2 fully saturated rings. The highest BCUT2D eigenvalue weighted by molar-refractivity contribution is 5.76. The first-order chi connectivity index (χ1) is 9.47. The largest absolute Gasteiger partial charge is 0.481 e. The van der Waals surface area contributed by atoms with Crippen molar-refractivity contribution in [3.05, 3.63) is 0 Å². The van der Waals surface area contributed by atoms with Crippen LogP contribution >= 0.6 is 0 Å². The van der Waals surface area contributed by atoms with Crippen molar-refractivity contribution in [2.75, 3.05) is 19.6 Å². The van der Waals surface area contributed by atoms with E-state index >= 15 is 0 Å². The molecule has 1 N–H and O–H groups in total. The summed E-state index contributed by atoms with van der Waals surface area (Å²) < 4.78 is 0. The van der Waals surface area contributed by atoms with E-state index in [1.807, 2.05) is 9.80 Å². The van der Waals surface area contributed by atoms with E-state index < -0.39 is 5.97 Å². The van der Waals surface area contributed by atoms with Crippen molar-refractivity contribution in [2.45, 2.75) is 52.0 Å². The highest BCUT2D eigenvalue weighted by Crippen LogP contribution is 2.25. The maximum absolute atomic E-state index is 12.7. The Hall–Kier alpha value is -1.26. The molecular weight excluding hydrogens is 256 g/mol. The Kier molecular flexibility index (Phi) is 4.89. The number of piperidine rings is 2. The van der Waals surface area contributed by atoms with Gasteiger partial charge in [0.15, 0.2) is 0 Å². The third-order valence-corrected chi connectivity index (χ3v) is 4.42. The second kappa shape index (κ2) is 6.46. The number of urea groups is 1. The smallest absolute Gasteiger partial charge is 0.320 e. The zero-order chi connectivity index (χ0) is 14.7. The van der Waals surface area contributed by atoms with Crippen LogP contribution in [0, 0.1) is 11.8 Å². The van der Waals surface area contributed by atoms with Gasteiger partial charge in [0.25, 0.3) is 0 Å². The van der Waals surface area contributed by atoms with E-state index in [4.69, 9.17) is 5.11 Å². The third kappa shape index (κ3) is 3.64. The minimum Gasteiger partial charge on any atom is -0.481 e. The second-order valence-corrected chi connectivity index (χ2v) is 6.57. The highest BCUT2D eigenvalue weighted by Gasteiger charge is 2.34. The lowest BCUT2D eigenvalue weighted by molar-refractivity contribution is -0.138. The van der Waals surface area contributed by atoms with Crippen LogP contribution in [0.4, 0.5) is 4.79 Å². The van der Waals surface area contributed by atoms with Gasteiger partial charge in [-0.3, -0.25) is 4.79 Å². The Bertz CT molecular complexity index is 362. The minimum absolute atomic E-state index is 0.0503. The van der Waals surface area contributed by atoms with Gasteiger partial charge in [0.05, 0.1) is 6.42 Å². The van der Waals surface area contributed by atoms with Crippen LogP contribution in [0.5, 0.6) is 0 Å². The first-order valence-electron chi connectivity index (χ1n) is 7.74. The predicted octanol–water partition coefficient (Wildman–Crippen LogP) is 2.41. The summed E-state index contributed by atoms with van der Waals surface area (Å²) in [5.41, 5.74) is 0. The van der Waals surface area contributed by atoms with Gasteiger partial charge >= 0.3 is 12.0 Å². The van der Waals surface area contributed by atoms with Crippen molar-refractivity contribution in [3.63, 3.8) is 0 Å². The van der Waals surface area contributed by atoms with Gasteiger partial charge in [-0.05, 0) is 37.5 Å². The quantitative estimate of drug-likeness (QED) is 0.846. The zero-order valence-corrected chi connectivity index (χ0v) is 12.5. The molecule has 0 aromatic heterocycles. The molecule has 0 aliphatic carbocycles. The standard InChI is InChI=1S/C15H26N2O3/c1-11-7-12(2)10-16(9-11)15(20)17-6-4-3-5-13(17)8-14(18)19/h11-13H,3-10H2,1-2H3,(H,18,19). The fourth-order valence-corrected chi connectivity index (χ4v) is 3.67. The average Bonchev–Trinajstić information content (AvgIpc) is 2.36. The summed E-state index contributed by atoms with van der Waals surface area (Å²) in [5.74, 6) is 0.255. The molecule has 0 aromatic carbocycles. The summed E-state index contributed by atoms with van der Waals surface area (Å²) in [7, 11) is 0. The summed E-state index contributed by atoms with van der Waals surface area (Å²) in [5, 5.41) is 9.01. The lowest BCUT2D eigenvalue weighted by atomic mass is 9.92. The van der Waals surface area contributed by atoms with Crippen molar-refractivity contribution in [1.29, 1.82) is 0 Å². The molecule has 2 aliphatic heterocycles. The predicted molar refractivity (Wildman–Crippen MR) is 76.5 cm³/mol. The number of carbonyl (C=O) groups excluding carboxylic acids is 1. The second-order valence-electron chi connectivity index (χ2n) is 6.57. The molecule has 0 saturated carbocycles. The molecule has 20 heavy (non-hydrogen) atoms. The number of nitrogens with zero attached hydrogens (tertiary/aromatic N) is 2. The van der Waals surface area contributed by atoms with Crippen LogP contribution in [0.25, 0.3) is 0 Å². The molecule has 114 valence electrons. The Morgan fingerprint density at radius 1 is 1.15 bits per heavy atom. The van der Waals surface area contributed by atoms with E-state index in [0.29, 0.717) is 18.4 Å². The van der Waals surface area contributed by atoms with E-state index in [0.717, 1.165) is 32.4 Å². The van der Waals surface area contributed by atoms with E-state index in [9.17, 15) is 9.59 Å². The molecule has 2 aliphatic rings. The molecule has 0 radical (unpaired) electrons. The van der Waals surface area contributed by atoms with Crippen molar-refractivity contribution < 1.29 is 14.7 Å². The zero-order valence-electron chi connectivity index (χ0n) is 12.5. The highest BCUT2D eigenvalue weighted by atomic mass is 16.4. The van der Waals surface area contributed by atoms with Crippen LogP contribution in [0.2, 0.25) is 0 Å². The monoisotopic (exact) mass is 282 g/mol. The van der Waals surface area contributed by atoms with Gasteiger partial charge in [0, 0.05) is 25.7 Å². The van der Waals surface area contributed by atoms with E-state index in [1.165, 1.54) is 6.42 Å². The Labute approximate surface area is 120 Å². The average molecular weight is 282 g/mol. The van der Waals surface area contributed by atoms with Crippen LogP contribution in [-0.2, 0) is 4.79 Å². The Morgan fingerprint density at radius 3 is 2.40 bits per heavy atom. The van der Waals surface area contributed by atoms with Crippen molar-refractivity contribution in [1.82, 2.24) is 9.80 Å². The third-order valence-electron chi connectivity index (χ3n) is 4.42. The molecular formula is C15H26N2O3. The molecule has 2 saturated heterocycles. The number of aliphatic carboxylic acids is 1. The van der Waals surface area contributed by atoms with E-state index in [1.54, 1.807) is 0 Å². The van der Waals surface area contributed by atoms with Crippen LogP contribution in [0.15, 0.2) is 0 Å². The fourth-order valence-electron chi connectivity index (χ4n) is 3.67. The summed E-state index contributed by atoms with van der Waals surface area (Å²) in [4.78, 5) is 27.4. The summed E-state index contributed by atoms with van der Waals surface area (Å²) in [6, 6.07) is -0.0735. The number of likely N-dealkylation sites (tertiary alicyclic amines) is 2. The van der Waals surface area contributed by atoms with Gasteiger partial charge in [-0.1, -0.05) is 13.8 Å². The maximum Gasteiger partial charge on any atom is 0.320 e. The SMILES string of the molecule is CC1CC(C)CN(C(=O)N2CCCCC2CC(=O)O)C1. The number of carboxylic acid groups (broad SMARTS) is 1. The van der Waals surface area contributed by atoms with Gasteiger partial charge in [0.1, 0.15) is 0 Å². The molecule has 0 aromatic rings. The topological polar surface area (TPSA) is 60.9 Å². The summed E-state index contributed by atoms with van der Waals surface area (Å²) in [6.45, 7) is 6.68. The number of carboxylic acids is 1. The first-order valence-corrected chi connectivity index (χ1v) is 7.74. The maximum atomic E-state index is 12.7. The molecule has 0 spiro atoms. The molecule has 0 bridgehead atoms. The summed E-state index contributed by atoms with van der Waals surface area (Å²) in [6.07, 6.45) is 4.07. The van der Waals surface area contributed by atoms with Crippen LogP contribution < -0.4 is 0 Å². The van der Waals surface area contributed by atoms with Crippen LogP contribution in [0.1, 0.15) is 46.0 Å². The van der Waals surface area contributed by atoms with Gasteiger partial charge in [-0.25, -0.2) is 4.79 Å². The van der Waals surface area contributed by atoms with Crippen LogP contribution in [0.3, 0.4) is 0 Å². The molecule has 5 nitrogen and oxygen atoms in total. The van der Waals surface area contributed by atoms with E-state index in [2.05, 4.69) is 13.8 Å². The lowest BCUT2D eigenvalue weighted by Crippen LogP contribution is -2.54. The lowest BCUT2D eigenvalue weighted by Gasteiger charge is -2.42. The number of hydrogen-bond acceptors (Lipinski definition) is 2. The molecule has 3 unspecified atom stereocenters. The molecule has 3 atom stereocenters. The number of amides is 2. The molecule has 2 rings (SSSR count). The number of carbonyl (C=O) groups is 2. The first kappa shape index (κ1) is 15.1. The number of rotatable bonds is 2. The fraction of sp³-hybridized carbons (Fsp3) is 0.867. The van der Waals surface area contributed by atoms with Gasteiger partial charge in [-0.15, -0.1) is 0 Å². The molecule has 2 amide bonds. The van der Waals surface area contributed by atoms with Crippen molar-refractivity contribution in [3.8, 4) is 0 Å². The number of hydrogen-bond donors (Lipinski definition) is 1. The Morgan fingerprint density at radius 2 is 1.80 bits per heavy atom. The Balaban J connectivity index is 2.03. The molecule has 2 heterocycles. The van der Waals surface area contributed by atoms with Crippen molar-refractivity contribution in [2.24, 2.45) is 11.8 Å². The van der Waals surface area contributed by atoms with Gasteiger partial charge in [0.2, 0.25) is 0 Å². The van der Waals surface area contributed by atoms with Gasteiger partial charge < -0.3 is 14.9 Å². The minimum atomic E-state index is -0.810. The molecule has 5 heteroatoms.